The molecule has 0 unspecified atom stereocenters. The van der Waals surface area contributed by atoms with Crippen molar-refractivity contribution in [2.75, 3.05) is 6.54 Å². The van der Waals surface area contributed by atoms with Gasteiger partial charge in [-0.2, -0.15) is 0 Å². The van der Waals surface area contributed by atoms with E-state index in [1.807, 2.05) is 24.3 Å². The maximum atomic E-state index is 12.9. The van der Waals surface area contributed by atoms with Crippen LogP contribution >= 0.6 is 0 Å². The van der Waals surface area contributed by atoms with Gasteiger partial charge >= 0.3 is 0 Å². The third-order valence-corrected chi connectivity index (χ3v) is 2.42. The summed E-state index contributed by atoms with van der Waals surface area (Å²) in [5.74, 6) is -0.248. The lowest BCUT2D eigenvalue weighted by molar-refractivity contribution is 0.627. The largest absolute Gasteiger partial charge is 0.327 e. The quantitative estimate of drug-likeness (QED) is 0.877. The van der Waals surface area contributed by atoms with Gasteiger partial charge in [0.2, 0.25) is 0 Å². The first-order chi connectivity index (χ1) is 8.31. The second kappa shape index (κ2) is 5.37. The second-order valence-corrected chi connectivity index (χ2v) is 3.58. The molecule has 1 aromatic carbocycles. The Labute approximate surface area is 99.6 Å². The molecule has 0 aliphatic rings. The zero-order valence-electron chi connectivity index (χ0n) is 9.31. The van der Waals surface area contributed by atoms with E-state index in [4.69, 9.17) is 5.73 Å². The molecule has 2 nitrogen and oxygen atoms in total. The molecule has 3 heteroatoms. The molecule has 0 saturated carbocycles. The highest BCUT2D eigenvalue weighted by atomic mass is 19.1. The summed E-state index contributed by atoms with van der Waals surface area (Å²) in [6.07, 6.45) is 3.61. The molecule has 0 fully saturated rings. The summed E-state index contributed by atoms with van der Waals surface area (Å²) < 4.78 is 12.9. The summed E-state index contributed by atoms with van der Waals surface area (Å²) in [5, 5.41) is 0. The van der Waals surface area contributed by atoms with Crippen LogP contribution in [-0.2, 0) is 0 Å². The minimum Gasteiger partial charge on any atom is -0.327 e. The minimum absolute atomic E-state index is 0.248. The van der Waals surface area contributed by atoms with Crippen LogP contribution in [0.2, 0.25) is 0 Å². The van der Waals surface area contributed by atoms with E-state index in [9.17, 15) is 4.39 Å². The van der Waals surface area contributed by atoms with Crippen molar-refractivity contribution in [2.45, 2.75) is 0 Å². The van der Waals surface area contributed by atoms with E-state index < -0.39 is 0 Å². The summed E-state index contributed by atoms with van der Waals surface area (Å²) in [7, 11) is 0. The summed E-state index contributed by atoms with van der Waals surface area (Å²) in [6.45, 7) is 0.420. The Kier molecular flexibility index (Phi) is 3.62. The van der Waals surface area contributed by atoms with Gasteiger partial charge in [0.25, 0.3) is 0 Å². The van der Waals surface area contributed by atoms with Gasteiger partial charge in [-0.25, -0.2) is 4.39 Å². The summed E-state index contributed by atoms with van der Waals surface area (Å²) in [5.41, 5.74) is 8.23. The Morgan fingerprint density at radius 3 is 2.53 bits per heavy atom. The number of aromatic nitrogens is 1. The van der Waals surface area contributed by atoms with E-state index in [0.29, 0.717) is 6.54 Å². The molecular weight excluding hydrogens is 215 g/mol. The van der Waals surface area contributed by atoms with Crippen LogP contribution in [0.25, 0.3) is 5.57 Å². The van der Waals surface area contributed by atoms with Gasteiger partial charge in [0.05, 0.1) is 5.69 Å². The molecule has 1 heterocycles. The molecule has 0 aliphatic carbocycles. The predicted molar refractivity (Wildman–Crippen MR) is 66.8 cm³/mol. The number of nitrogens with two attached hydrogens (primary N) is 1. The summed E-state index contributed by atoms with van der Waals surface area (Å²) in [4.78, 5) is 4.28. The molecule has 1 aromatic heterocycles. The molecule has 0 spiro atoms. The van der Waals surface area contributed by atoms with Gasteiger partial charge in [0, 0.05) is 18.3 Å². The standard InChI is InChI=1S/C14H13FN2/c15-12-6-4-11(5-7-12)13(8-9-16)14-3-1-2-10-17-14/h1-8,10H,9,16H2/b13-8-. The Hall–Kier alpha value is -2.00. The number of rotatable bonds is 3. The highest BCUT2D eigenvalue weighted by Gasteiger charge is 2.05. The molecular formula is C14H13FN2. The van der Waals surface area contributed by atoms with Gasteiger partial charge in [0.1, 0.15) is 5.82 Å². The van der Waals surface area contributed by atoms with Gasteiger partial charge in [-0.3, -0.25) is 4.98 Å². The Morgan fingerprint density at radius 1 is 1.18 bits per heavy atom. The highest BCUT2D eigenvalue weighted by molar-refractivity contribution is 5.77. The van der Waals surface area contributed by atoms with Gasteiger partial charge in [-0.05, 0) is 29.8 Å². The lowest BCUT2D eigenvalue weighted by Crippen LogP contribution is -1.98. The van der Waals surface area contributed by atoms with Crippen molar-refractivity contribution >= 4 is 5.57 Å². The number of halogens is 1. The molecule has 0 bridgehead atoms. The molecule has 0 saturated heterocycles. The van der Waals surface area contributed by atoms with E-state index >= 15 is 0 Å². The van der Waals surface area contributed by atoms with Crippen molar-refractivity contribution in [3.8, 4) is 0 Å². The van der Waals surface area contributed by atoms with Crippen molar-refractivity contribution in [1.82, 2.24) is 4.98 Å². The van der Waals surface area contributed by atoms with E-state index in [-0.39, 0.29) is 5.82 Å². The number of hydrogen-bond donors (Lipinski definition) is 1. The molecule has 2 aromatic rings. The van der Waals surface area contributed by atoms with Gasteiger partial charge in [0.15, 0.2) is 0 Å². The number of benzene rings is 1. The van der Waals surface area contributed by atoms with Crippen molar-refractivity contribution < 1.29 is 4.39 Å². The van der Waals surface area contributed by atoms with Crippen LogP contribution in [0.1, 0.15) is 11.3 Å². The average Bonchev–Trinajstić information content (AvgIpc) is 2.38. The van der Waals surface area contributed by atoms with E-state index in [0.717, 1.165) is 16.8 Å². The maximum Gasteiger partial charge on any atom is 0.123 e. The zero-order valence-corrected chi connectivity index (χ0v) is 9.31. The van der Waals surface area contributed by atoms with E-state index in [1.165, 1.54) is 12.1 Å². The second-order valence-electron chi connectivity index (χ2n) is 3.58. The van der Waals surface area contributed by atoms with Gasteiger partial charge < -0.3 is 5.73 Å². The van der Waals surface area contributed by atoms with Gasteiger partial charge in [-0.15, -0.1) is 0 Å². The average molecular weight is 228 g/mol. The fourth-order valence-corrected chi connectivity index (χ4v) is 1.64. The molecule has 0 aliphatic heterocycles. The monoisotopic (exact) mass is 228 g/mol. The molecule has 86 valence electrons. The topological polar surface area (TPSA) is 38.9 Å². The lowest BCUT2D eigenvalue weighted by Gasteiger charge is -2.07. The first-order valence-electron chi connectivity index (χ1n) is 5.39. The highest BCUT2D eigenvalue weighted by Crippen LogP contribution is 2.21. The van der Waals surface area contributed by atoms with Crippen LogP contribution in [0.15, 0.2) is 54.7 Å². The molecule has 2 rings (SSSR count). The molecule has 0 amide bonds. The van der Waals surface area contributed by atoms with Crippen LogP contribution in [0.5, 0.6) is 0 Å². The first-order valence-corrected chi connectivity index (χ1v) is 5.39. The Morgan fingerprint density at radius 2 is 1.94 bits per heavy atom. The first kappa shape index (κ1) is 11.5. The predicted octanol–water partition coefficient (Wildman–Crippen LogP) is 2.61. The van der Waals surface area contributed by atoms with Crippen molar-refractivity contribution in [3.05, 3.63) is 71.8 Å². The smallest absolute Gasteiger partial charge is 0.123 e. The molecule has 0 radical (unpaired) electrons. The van der Waals surface area contributed by atoms with Crippen molar-refractivity contribution in [3.63, 3.8) is 0 Å². The van der Waals surface area contributed by atoms with E-state index in [1.54, 1.807) is 18.3 Å². The third kappa shape index (κ3) is 2.77. The van der Waals surface area contributed by atoms with Crippen LogP contribution < -0.4 is 5.73 Å². The van der Waals surface area contributed by atoms with Crippen molar-refractivity contribution in [2.24, 2.45) is 5.73 Å². The number of pyridine rings is 1. The molecule has 2 N–H and O–H groups in total. The maximum absolute atomic E-state index is 12.9. The number of nitrogens with zero attached hydrogens (tertiary/aromatic N) is 1. The van der Waals surface area contributed by atoms with Crippen LogP contribution in [0.3, 0.4) is 0 Å². The summed E-state index contributed by atoms with van der Waals surface area (Å²) >= 11 is 0. The molecule has 17 heavy (non-hydrogen) atoms. The SMILES string of the molecule is NC/C=C(/c1ccc(F)cc1)c1ccccn1. The van der Waals surface area contributed by atoms with Crippen LogP contribution in [0, 0.1) is 5.82 Å². The summed E-state index contributed by atoms with van der Waals surface area (Å²) in [6, 6.07) is 12.0. The Bertz CT molecular complexity index is 504. The zero-order chi connectivity index (χ0) is 12.1. The van der Waals surface area contributed by atoms with Crippen LogP contribution in [-0.4, -0.2) is 11.5 Å². The van der Waals surface area contributed by atoms with Crippen LogP contribution in [0.4, 0.5) is 4.39 Å². The fourth-order valence-electron chi connectivity index (χ4n) is 1.64. The minimum atomic E-state index is -0.248. The van der Waals surface area contributed by atoms with Crippen molar-refractivity contribution in [1.29, 1.82) is 0 Å². The van der Waals surface area contributed by atoms with Gasteiger partial charge in [-0.1, -0.05) is 24.3 Å². The van der Waals surface area contributed by atoms with E-state index in [2.05, 4.69) is 4.98 Å². The third-order valence-electron chi connectivity index (χ3n) is 2.42. The fraction of sp³-hybridized carbons (Fsp3) is 0.0714. The number of hydrogen-bond acceptors (Lipinski definition) is 2. The molecule has 0 atom stereocenters. The lowest BCUT2D eigenvalue weighted by atomic mass is 10.0. The Balaban J connectivity index is 2.44. The normalized spacial score (nSPS) is 11.5.